The molecule has 0 radical (unpaired) electrons. The Labute approximate surface area is 155 Å². The number of amides is 3. The number of urea groups is 1. The van der Waals surface area contributed by atoms with Gasteiger partial charge in [-0.2, -0.15) is 0 Å². The molecule has 3 aliphatic heterocycles. The van der Waals surface area contributed by atoms with Crippen LogP contribution in [-0.2, 0) is 11.3 Å². The van der Waals surface area contributed by atoms with E-state index in [1.54, 1.807) is 24.1 Å². The van der Waals surface area contributed by atoms with Gasteiger partial charge in [0.05, 0.1) is 13.2 Å². The maximum Gasteiger partial charge on any atom is 0.328 e. The SMILES string of the molecule is CC1=CN2C(=NC3C2C(=O)N(Cc2ccc(F)cc2)C(=O)N3C)N1CCO. The van der Waals surface area contributed by atoms with Gasteiger partial charge in [-0.1, -0.05) is 12.1 Å². The van der Waals surface area contributed by atoms with Gasteiger partial charge in [0.1, 0.15) is 5.82 Å². The molecule has 1 N–H and O–H groups in total. The highest BCUT2D eigenvalue weighted by Crippen LogP contribution is 2.34. The van der Waals surface area contributed by atoms with E-state index in [4.69, 9.17) is 0 Å². The highest BCUT2D eigenvalue weighted by Gasteiger charge is 2.54. The minimum atomic E-state index is -0.651. The predicted octanol–water partition coefficient (Wildman–Crippen LogP) is 0.755. The van der Waals surface area contributed by atoms with Crippen molar-refractivity contribution in [1.82, 2.24) is 19.6 Å². The van der Waals surface area contributed by atoms with Crippen molar-refractivity contribution in [2.24, 2.45) is 4.99 Å². The molecule has 8 nitrogen and oxygen atoms in total. The fourth-order valence-corrected chi connectivity index (χ4v) is 3.70. The Bertz CT molecular complexity index is 853. The number of aliphatic imine (C=N–C) groups is 1. The maximum absolute atomic E-state index is 13.1. The smallest absolute Gasteiger partial charge is 0.328 e. The summed E-state index contributed by atoms with van der Waals surface area (Å²) in [6.07, 6.45) is 1.20. The molecule has 2 unspecified atom stereocenters. The lowest BCUT2D eigenvalue weighted by Gasteiger charge is -2.40. The maximum atomic E-state index is 13.1. The molecule has 0 bridgehead atoms. The molecule has 3 aliphatic rings. The Morgan fingerprint density at radius 3 is 2.56 bits per heavy atom. The molecule has 0 saturated carbocycles. The Morgan fingerprint density at radius 2 is 1.89 bits per heavy atom. The number of benzene rings is 1. The van der Waals surface area contributed by atoms with Gasteiger partial charge in [-0.25, -0.2) is 14.2 Å². The van der Waals surface area contributed by atoms with Crippen molar-refractivity contribution in [3.8, 4) is 0 Å². The van der Waals surface area contributed by atoms with Crippen LogP contribution in [0, 0.1) is 5.82 Å². The second kappa shape index (κ2) is 6.34. The van der Waals surface area contributed by atoms with E-state index in [0.717, 1.165) is 5.70 Å². The van der Waals surface area contributed by atoms with Gasteiger partial charge in [-0.05, 0) is 24.6 Å². The van der Waals surface area contributed by atoms with Crippen molar-refractivity contribution < 1.29 is 19.1 Å². The zero-order valence-electron chi connectivity index (χ0n) is 15.0. The summed E-state index contributed by atoms with van der Waals surface area (Å²) in [5.41, 5.74) is 1.54. The van der Waals surface area contributed by atoms with Gasteiger partial charge >= 0.3 is 6.03 Å². The van der Waals surface area contributed by atoms with E-state index in [0.29, 0.717) is 18.1 Å². The topological polar surface area (TPSA) is 79.7 Å². The van der Waals surface area contributed by atoms with Gasteiger partial charge < -0.3 is 19.8 Å². The van der Waals surface area contributed by atoms with Crippen LogP contribution in [0.4, 0.5) is 9.18 Å². The summed E-state index contributed by atoms with van der Waals surface area (Å²) < 4.78 is 13.1. The molecule has 3 heterocycles. The van der Waals surface area contributed by atoms with Crippen LogP contribution in [0.3, 0.4) is 0 Å². The highest BCUT2D eigenvalue weighted by atomic mass is 19.1. The molecule has 1 aromatic carbocycles. The van der Waals surface area contributed by atoms with Crippen LogP contribution in [-0.4, -0.2) is 75.0 Å². The zero-order valence-corrected chi connectivity index (χ0v) is 15.0. The number of carbonyl (C=O) groups excluding carboxylic acids is 2. The average Bonchev–Trinajstić information content (AvgIpc) is 3.15. The molecule has 1 saturated heterocycles. The van der Waals surface area contributed by atoms with Crippen molar-refractivity contribution in [3.05, 3.63) is 47.5 Å². The number of halogens is 1. The number of fused-ring (bicyclic) bond motifs is 3. The highest BCUT2D eigenvalue weighted by molar-refractivity contribution is 6.04. The summed E-state index contributed by atoms with van der Waals surface area (Å²) in [5, 5.41) is 9.29. The number of rotatable bonds is 4. The zero-order chi connectivity index (χ0) is 19.3. The van der Waals surface area contributed by atoms with Gasteiger partial charge in [-0.15, -0.1) is 0 Å². The van der Waals surface area contributed by atoms with Crippen molar-refractivity contribution >= 4 is 17.9 Å². The first-order chi connectivity index (χ1) is 12.9. The number of hydrogen-bond donors (Lipinski definition) is 1. The van der Waals surface area contributed by atoms with Gasteiger partial charge in [0.2, 0.25) is 5.96 Å². The fourth-order valence-electron chi connectivity index (χ4n) is 3.70. The quantitative estimate of drug-likeness (QED) is 0.843. The van der Waals surface area contributed by atoms with Gasteiger partial charge in [-0.3, -0.25) is 9.69 Å². The van der Waals surface area contributed by atoms with E-state index in [9.17, 15) is 19.1 Å². The normalized spacial score (nSPS) is 24.3. The number of hydrogen-bond acceptors (Lipinski definition) is 6. The Morgan fingerprint density at radius 1 is 1.19 bits per heavy atom. The second-order valence-corrected chi connectivity index (χ2v) is 6.78. The van der Waals surface area contributed by atoms with E-state index in [1.165, 1.54) is 21.9 Å². The largest absolute Gasteiger partial charge is 0.395 e. The first kappa shape index (κ1) is 17.5. The lowest BCUT2D eigenvalue weighted by molar-refractivity contribution is -0.137. The fraction of sp³-hybridized carbons (Fsp3) is 0.389. The van der Waals surface area contributed by atoms with Gasteiger partial charge in [0, 0.05) is 25.5 Å². The van der Waals surface area contributed by atoms with E-state index < -0.39 is 18.2 Å². The molecule has 3 amide bonds. The molecule has 27 heavy (non-hydrogen) atoms. The van der Waals surface area contributed by atoms with Crippen LogP contribution < -0.4 is 0 Å². The number of nitrogens with zero attached hydrogens (tertiary/aromatic N) is 5. The molecular formula is C18H20FN5O3. The lowest BCUT2D eigenvalue weighted by atomic mass is 10.1. The number of allylic oxidation sites excluding steroid dienone is 1. The molecule has 142 valence electrons. The van der Waals surface area contributed by atoms with Gasteiger partial charge in [0.25, 0.3) is 5.91 Å². The Balaban J connectivity index is 1.63. The van der Waals surface area contributed by atoms with E-state index in [-0.39, 0.29) is 24.9 Å². The summed E-state index contributed by atoms with van der Waals surface area (Å²) in [5.74, 6) is -0.156. The van der Waals surface area contributed by atoms with Gasteiger partial charge in [0.15, 0.2) is 12.2 Å². The lowest BCUT2D eigenvalue weighted by Crippen LogP contribution is -2.63. The van der Waals surface area contributed by atoms with Crippen LogP contribution in [0.25, 0.3) is 0 Å². The summed E-state index contributed by atoms with van der Waals surface area (Å²) >= 11 is 0. The third-order valence-electron chi connectivity index (χ3n) is 5.08. The number of β-amino-alcohol motifs (C(OH)–C–C–N with tert-alkyl or cyclic N) is 1. The monoisotopic (exact) mass is 373 g/mol. The van der Waals surface area contributed by atoms with Crippen LogP contribution >= 0.6 is 0 Å². The first-order valence-corrected chi connectivity index (χ1v) is 8.68. The molecule has 2 atom stereocenters. The van der Waals surface area contributed by atoms with Crippen LogP contribution in [0.1, 0.15) is 12.5 Å². The molecule has 9 heteroatoms. The molecule has 4 rings (SSSR count). The van der Waals surface area contributed by atoms with E-state index in [1.807, 2.05) is 18.0 Å². The Hall–Kier alpha value is -2.94. The number of aliphatic hydroxyl groups is 1. The molecular weight excluding hydrogens is 353 g/mol. The predicted molar refractivity (Wildman–Crippen MR) is 94.5 cm³/mol. The summed E-state index contributed by atoms with van der Waals surface area (Å²) in [6.45, 7) is 2.26. The van der Waals surface area contributed by atoms with Crippen molar-refractivity contribution in [1.29, 1.82) is 0 Å². The molecule has 1 aromatic rings. The third-order valence-corrected chi connectivity index (χ3v) is 5.08. The van der Waals surface area contributed by atoms with Crippen LogP contribution in [0.5, 0.6) is 0 Å². The molecule has 0 aliphatic carbocycles. The van der Waals surface area contributed by atoms with Crippen molar-refractivity contribution in [2.75, 3.05) is 20.2 Å². The van der Waals surface area contributed by atoms with Crippen molar-refractivity contribution in [3.63, 3.8) is 0 Å². The second-order valence-electron chi connectivity index (χ2n) is 6.78. The summed E-state index contributed by atoms with van der Waals surface area (Å²) in [7, 11) is 1.61. The number of guanidine groups is 1. The number of likely N-dealkylation sites (N-methyl/N-ethyl adjacent to an activating group) is 1. The van der Waals surface area contributed by atoms with E-state index in [2.05, 4.69) is 4.99 Å². The van der Waals surface area contributed by atoms with Crippen LogP contribution in [0.15, 0.2) is 41.2 Å². The van der Waals surface area contributed by atoms with Crippen molar-refractivity contribution in [2.45, 2.75) is 25.7 Å². The van der Waals surface area contributed by atoms with E-state index >= 15 is 0 Å². The Kier molecular flexibility index (Phi) is 4.11. The number of carbonyl (C=O) groups is 2. The summed E-state index contributed by atoms with van der Waals surface area (Å²) in [4.78, 5) is 36.7. The first-order valence-electron chi connectivity index (χ1n) is 8.68. The minimum absolute atomic E-state index is 0.0488. The van der Waals surface area contributed by atoms with Crippen LogP contribution in [0.2, 0.25) is 0 Å². The molecule has 1 fully saturated rings. The third kappa shape index (κ3) is 2.66. The number of imide groups is 1. The summed E-state index contributed by atoms with van der Waals surface area (Å²) in [6, 6.07) is 4.63. The minimum Gasteiger partial charge on any atom is -0.395 e. The average molecular weight is 373 g/mol. The standard InChI is InChI=1S/C18H20FN5O3/c1-11-9-23-14-15(20-17(23)22(11)7-8-25)21(2)18(27)24(16(14)26)10-12-3-5-13(19)6-4-12/h3-6,9,14-15,25H,7-8,10H2,1-2H3. The molecule has 0 aromatic heterocycles. The number of aliphatic hydroxyl groups excluding tert-OH is 1. The molecule has 0 spiro atoms.